The Hall–Kier alpha value is -1.77. The molecule has 2 aromatic rings. The van der Waals surface area contributed by atoms with Gasteiger partial charge in [0.2, 0.25) is 0 Å². The van der Waals surface area contributed by atoms with Crippen LogP contribution in [0.2, 0.25) is 0 Å². The van der Waals surface area contributed by atoms with Gasteiger partial charge in [-0.15, -0.1) is 0 Å². The van der Waals surface area contributed by atoms with Crippen molar-refractivity contribution in [1.29, 1.82) is 0 Å². The lowest BCUT2D eigenvalue weighted by molar-refractivity contribution is 0.110. The summed E-state index contributed by atoms with van der Waals surface area (Å²) >= 11 is 0. The van der Waals surface area contributed by atoms with Crippen LogP contribution in [0.15, 0.2) is 51.9 Å². The Morgan fingerprint density at radius 2 is 1.92 bits per heavy atom. The second kappa shape index (κ2) is 4.96. The van der Waals surface area contributed by atoms with Gasteiger partial charge < -0.3 is 8.83 Å². The molecule has 0 amide bonds. The molecule has 3 nitrogen and oxygen atoms in total. The SMILES string of the molecule is O=Cc1ccco1.[2HH].c1ccoc1. The van der Waals surface area contributed by atoms with E-state index in [-0.39, 0.29) is 1.43 Å². The molecule has 0 aliphatic rings. The third-order valence-corrected chi connectivity index (χ3v) is 1.08. The van der Waals surface area contributed by atoms with Crippen molar-refractivity contribution in [3.05, 3.63) is 48.8 Å². The number of hydrogen-bond acceptors (Lipinski definition) is 3. The summed E-state index contributed by atoms with van der Waals surface area (Å²) in [4.78, 5) is 9.77. The summed E-state index contributed by atoms with van der Waals surface area (Å²) in [5, 5.41) is 0. The second-order valence-electron chi connectivity index (χ2n) is 1.93. The van der Waals surface area contributed by atoms with E-state index in [0.717, 1.165) is 0 Å². The van der Waals surface area contributed by atoms with Crippen LogP contribution in [0.25, 0.3) is 0 Å². The zero-order chi connectivity index (χ0) is 8.65. The molecule has 0 aromatic carbocycles. The number of aldehydes is 1. The Bertz CT molecular complexity index is 269. The molecule has 0 N–H and O–H groups in total. The molecule has 0 fully saturated rings. The largest absolute Gasteiger partial charge is 0.473 e. The van der Waals surface area contributed by atoms with Crippen molar-refractivity contribution in [2.24, 2.45) is 0 Å². The van der Waals surface area contributed by atoms with Crippen LogP contribution in [0, 0.1) is 0 Å². The second-order valence-corrected chi connectivity index (χ2v) is 1.93. The minimum atomic E-state index is 0. The fourth-order valence-corrected chi connectivity index (χ4v) is 0.585. The van der Waals surface area contributed by atoms with E-state index in [1.165, 1.54) is 6.26 Å². The van der Waals surface area contributed by atoms with Gasteiger partial charge in [-0.25, -0.2) is 0 Å². The smallest absolute Gasteiger partial charge is 0.185 e. The van der Waals surface area contributed by atoms with Crippen LogP contribution in [0.5, 0.6) is 0 Å². The number of carbonyl (C=O) groups is 1. The van der Waals surface area contributed by atoms with Crippen molar-refractivity contribution >= 4 is 6.29 Å². The van der Waals surface area contributed by atoms with Gasteiger partial charge in [-0.2, -0.15) is 0 Å². The molecule has 12 heavy (non-hydrogen) atoms. The Labute approximate surface area is 71.1 Å². The van der Waals surface area contributed by atoms with Crippen molar-refractivity contribution in [2.75, 3.05) is 0 Å². The van der Waals surface area contributed by atoms with Crippen molar-refractivity contribution in [1.82, 2.24) is 0 Å². The molecular weight excluding hydrogens is 156 g/mol. The fourth-order valence-electron chi connectivity index (χ4n) is 0.585. The van der Waals surface area contributed by atoms with E-state index >= 15 is 0 Å². The minimum absolute atomic E-state index is 0. The van der Waals surface area contributed by atoms with Crippen molar-refractivity contribution in [3.63, 3.8) is 0 Å². The van der Waals surface area contributed by atoms with Gasteiger partial charge in [0.05, 0.1) is 18.8 Å². The van der Waals surface area contributed by atoms with Gasteiger partial charge in [-0.05, 0) is 24.3 Å². The molecule has 64 valence electrons. The summed E-state index contributed by atoms with van der Waals surface area (Å²) in [5.74, 6) is 0.375. The standard InChI is InChI=1S/C5H4O2.C4H4O.H2/c6-4-5-2-1-3-7-5;1-2-4-5-3-1;/h1-4H;1-4H;1H/i;;1+1. The minimum Gasteiger partial charge on any atom is -0.473 e. The monoisotopic (exact) mass is 167 g/mol. The first kappa shape index (κ1) is 8.33. The lowest BCUT2D eigenvalue weighted by Crippen LogP contribution is -1.65. The molecule has 2 rings (SSSR count). The van der Waals surface area contributed by atoms with E-state index in [1.54, 1.807) is 24.7 Å². The number of carbonyl (C=O) groups excluding carboxylic acids is 1. The van der Waals surface area contributed by atoms with E-state index in [4.69, 9.17) is 0 Å². The highest BCUT2D eigenvalue weighted by Gasteiger charge is 1.84. The molecule has 0 aliphatic heterocycles. The average molecular weight is 167 g/mol. The first-order valence-corrected chi connectivity index (χ1v) is 3.39. The number of hydrogen-bond donors (Lipinski definition) is 0. The summed E-state index contributed by atoms with van der Waals surface area (Å²) in [6, 6.07) is 6.94. The zero-order valence-corrected chi connectivity index (χ0v) is 6.34. The first-order valence-electron chi connectivity index (χ1n) is 3.39. The highest BCUT2D eigenvalue weighted by Crippen LogP contribution is 1.92. The molecule has 0 atom stereocenters. The number of furan rings is 2. The Morgan fingerprint density at radius 3 is 2.17 bits per heavy atom. The summed E-state index contributed by atoms with van der Waals surface area (Å²) in [7, 11) is 0. The van der Waals surface area contributed by atoms with Crippen LogP contribution in [0.4, 0.5) is 0 Å². The van der Waals surface area contributed by atoms with Crippen molar-refractivity contribution < 1.29 is 15.1 Å². The van der Waals surface area contributed by atoms with Gasteiger partial charge in [0.1, 0.15) is 0 Å². The topological polar surface area (TPSA) is 43.4 Å². The maximum atomic E-state index is 9.77. The van der Waals surface area contributed by atoms with Crippen molar-refractivity contribution in [2.45, 2.75) is 0 Å². The lowest BCUT2D eigenvalue weighted by Gasteiger charge is -1.68. The van der Waals surface area contributed by atoms with Crippen molar-refractivity contribution in [3.8, 4) is 0 Å². The predicted molar refractivity (Wildman–Crippen MR) is 44.9 cm³/mol. The lowest BCUT2D eigenvalue weighted by atomic mass is 10.5. The van der Waals surface area contributed by atoms with E-state index in [0.29, 0.717) is 12.0 Å². The van der Waals surface area contributed by atoms with E-state index in [9.17, 15) is 4.79 Å². The summed E-state index contributed by atoms with van der Waals surface area (Å²) < 4.78 is 9.20. The van der Waals surface area contributed by atoms with Gasteiger partial charge in [-0.1, -0.05) is 0 Å². The Kier molecular flexibility index (Phi) is 3.44. The molecule has 0 bridgehead atoms. The molecule has 0 radical (unpaired) electrons. The van der Waals surface area contributed by atoms with Gasteiger partial charge in [0, 0.05) is 1.43 Å². The predicted octanol–water partition coefficient (Wildman–Crippen LogP) is 2.62. The molecular formula is C9H10O3. The fraction of sp³-hybridized carbons (Fsp3) is 0. The highest BCUT2D eigenvalue weighted by molar-refractivity contribution is 5.69. The van der Waals surface area contributed by atoms with Gasteiger partial charge in [-0.3, -0.25) is 4.79 Å². The highest BCUT2D eigenvalue weighted by atomic mass is 16.3. The maximum Gasteiger partial charge on any atom is 0.185 e. The Morgan fingerprint density at radius 1 is 1.17 bits per heavy atom. The molecule has 0 saturated heterocycles. The zero-order valence-electron chi connectivity index (χ0n) is 6.34. The van der Waals surface area contributed by atoms with E-state index in [2.05, 4.69) is 8.83 Å². The summed E-state index contributed by atoms with van der Waals surface area (Å²) in [5.41, 5.74) is 0. The molecule has 0 spiro atoms. The van der Waals surface area contributed by atoms with Crippen LogP contribution in [0.1, 0.15) is 12.0 Å². The third-order valence-electron chi connectivity index (χ3n) is 1.08. The normalized spacial score (nSPS) is 8.33. The van der Waals surface area contributed by atoms with Gasteiger partial charge in [0.15, 0.2) is 12.0 Å². The molecule has 3 heteroatoms. The van der Waals surface area contributed by atoms with Crippen LogP contribution in [0.3, 0.4) is 0 Å². The van der Waals surface area contributed by atoms with E-state index < -0.39 is 0 Å². The summed E-state index contributed by atoms with van der Waals surface area (Å²) in [6.07, 6.45) is 5.38. The number of rotatable bonds is 1. The van der Waals surface area contributed by atoms with Crippen LogP contribution >= 0.6 is 0 Å². The molecule has 0 saturated carbocycles. The molecule has 0 unspecified atom stereocenters. The van der Waals surface area contributed by atoms with Crippen LogP contribution in [-0.2, 0) is 0 Å². The quantitative estimate of drug-likeness (QED) is 0.613. The average Bonchev–Trinajstić information content (AvgIpc) is 2.81. The van der Waals surface area contributed by atoms with Crippen LogP contribution in [-0.4, -0.2) is 6.29 Å². The first-order chi connectivity index (χ1) is 5.93. The molecule has 0 aliphatic carbocycles. The molecule has 2 aromatic heterocycles. The van der Waals surface area contributed by atoms with Gasteiger partial charge >= 0.3 is 0 Å². The summed E-state index contributed by atoms with van der Waals surface area (Å²) in [6.45, 7) is 0. The van der Waals surface area contributed by atoms with Gasteiger partial charge in [0.25, 0.3) is 0 Å². The van der Waals surface area contributed by atoms with Crippen LogP contribution < -0.4 is 0 Å². The Balaban J connectivity index is 0.000000215. The van der Waals surface area contributed by atoms with E-state index in [1.807, 2.05) is 12.1 Å². The maximum absolute atomic E-state index is 9.77. The third kappa shape index (κ3) is 2.88. The molecule has 2 heterocycles.